The van der Waals surface area contributed by atoms with Gasteiger partial charge in [-0.05, 0) is 41.7 Å². The van der Waals surface area contributed by atoms with Crippen LogP contribution in [0.25, 0.3) is 6.08 Å². The number of aryl methyl sites for hydroxylation is 1. The summed E-state index contributed by atoms with van der Waals surface area (Å²) in [6.07, 6.45) is 4.88. The van der Waals surface area contributed by atoms with Gasteiger partial charge < -0.3 is 10.2 Å². The van der Waals surface area contributed by atoms with Gasteiger partial charge in [0.05, 0.1) is 0 Å². The lowest BCUT2D eigenvalue weighted by Gasteiger charge is -2.49. The Kier molecular flexibility index (Phi) is 4.37. The molecule has 0 aromatic heterocycles. The van der Waals surface area contributed by atoms with Crippen LogP contribution < -0.4 is 10.2 Å². The summed E-state index contributed by atoms with van der Waals surface area (Å²) >= 11 is 0. The van der Waals surface area contributed by atoms with Crippen LogP contribution in [0.15, 0.2) is 48.5 Å². The summed E-state index contributed by atoms with van der Waals surface area (Å²) in [7, 11) is 0. The van der Waals surface area contributed by atoms with E-state index in [2.05, 4.69) is 99.5 Å². The monoisotopic (exact) mass is 374 g/mol. The molecule has 3 nitrogen and oxygen atoms in total. The topological polar surface area (TPSA) is 32.3 Å². The SMILES string of the molecule is Cc1ccc2c(c1)C(C)(C)[C@]1(/C=C/c3ccc(C(C)C)cc3)NC(=O)CCN21. The Balaban J connectivity index is 1.78. The normalized spacial score (nSPS) is 23.1. The molecule has 28 heavy (non-hydrogen) atoms. The molecule has 146 valence electrons. The van der Waals surface area contributed by atoms with Crippen LogP contribution in [0.2, 0.25) is 0 Å². The van der Waals surface area contributed by atoms with E-state index in [9.17, 15) is 4.79 Å². The van der Waals surface area contributed by atoms with E-state index in [0.29, 0.717) is 12.3 Å². The molecule has 2 aromatic rings. The number of fused-ring (bicyclic) bond motifs is 3. The molecule has 3 heteroatoms. The van der Waals surface area contributed by atoms with Gasteiger partial charge in [0, 0.05) is 24.1 Å². The lowest BCUT2D eigenvalue weighted by atomic mass is 9.74. The van der Waals surface area contributed by atoms with Crippen LogP contribution in [-0.2, 0) is 10.2 Å². The fourth-order valence-electron chi connectivity index (χ4n) is 4.68. The van der Waals surface area contributed by atoms with Crippen LogP contribution >= 0.6 is 0 Å². The van der Waals surface area contributed by atoms with Gasteiger partial charge in [-0.1, -0.05) is 75.7 Å². The van der Waals surface area contributed by atoms with Gasteiger partial charge in [0.2, 0.25) is 5.91 Å². The van der Waals surface area contributed by atoms with Crippen LogP contribution in [0.5, 0.6) is 0 Å². The molecule has 0 unspecified atom stereocenters. The number of hydrogen-bond donors (Lipinski definition) is 1. The van der Waals surface area contributed by atoms with Crippen molar-refractivity contribution in [2.75, 3.05) is 11.4 Å². The molecule has 1 atom stereocenters. The van der Waals surface area contributed by atoms with Gasteiger partial charge in [0.15, 0.2) is 0 Å². The number of benzene rings is 2. The summed E-state index contributed by atoms with van der Waals surface area (Å²) < 4.78 is 0. The molecule has 1 N–H and O–H groups in total. The Morgan fingerprint density at radius 1 is 1.11 bits per heavy atom. The van der Waals surface area contributed by atoms with Crippen molar-refractivity contribution in [1.82, 2.24) is 5.32 Å². The summed E-state index contributed by atoms with van der Waals surface area (Å²) in [4.78, 5) is 14.9. The number of nitrogens with zero attached hydrogens (tertiary/aromatic N) is 1. The number of nitrogens with one attached hydrogen (secondary N) is 1. The van der Waals surface area contributed by atoms with Gasteiger partial charge in [-0.15, -0.1) is 0 Å². The number of amides is 1. The van der Waals surface area contributed by atoms with Gasteiger partial charge >= 0.3 is 0 Å². The summed E-state index contributed by atoms with van der Waals surface area (Å²) in [6.45, 7) is 11.8. The molecule has 2 heterocycles. The molecule has 0 aliphatic carbocycles. The van der Waals surface area contributed by atoms with Crippen molar-refractivity contribution in [2.45, 2.75) is 58.0 Å². The van der Waals surface area contributed by atoms with E-state index < -0.39 is 5.66 Å². The molecule has 2 aliphatic rings. The molecule has 0 saturated carbocycles. The van der Waals surface area contributed by atoms with Crippen molar-refractivity contribution >= 4 is 17.7 Å². The maximum absolute atomic E-state index is 12.5. The van der Waals surface area contributed by atoms with Gasteiger partial charge in [0.25, 0.3) is 0 Å². The first-order valence-corrected chi connectivity index (χ1v) is 10.2. The van der Waals surface area contributed by atoms with Crippen molar-refractivity contribution < 1.29 is 4.79 Å². The van der Waals surface area contributed by atoms with E-state index in [0.717, 1.165) is 12.1 Å². The zero-order chi connectivity index (χ0) is 20.1. The predicted octanol–water partition coefficient (Wildman–Crippen LogP) is 5.15. The number of carbonyl (C=O) groups is 1. The largest absolute Gasteiger partial charge is 0.344 e. The number of hydrogen-bond acceptors (Lipinski definition) is 2. The minimum absolute atomic E-state index is 0.119. The first-order chi connectivity index (χ1) is 13.2. The highest BCUT2D eigenvalue weighted by atomic mass is 16.2. The average molecular weight is 375 g/mol. The maximum atomic E-state index is 12.5. The number of carbonyl (C=O) groups excluding carboxylic acids is 1. The Morgan fingerprint density at radius 2 is 1.82 bits per heavy atom. The van der Waals surface area contributed by atoms with Crippen molar-refractivity contribution in [3.8, 4) is 0 Å². The third-order valence-corrected chi connectivity index (χ3v) is 6.51. The third-order valence-electron chi connectivity index (χ3n) is 6.51. The second-order valence-corrected chi connectivity index (χ2v) is 9.02. The quantitative estimate of drug-likeness (QED) is 0.806. The van der Waals surface area contributed by atoms with Crippen LogP contribution in [0, 0.1) is 6.92 Å². The molecule has 0 spiro atoms. The van der Waals surface area contributed by atoms with E-state index in [-0.39, 0.29) is 11.3 Å². The molecule has 1 amide bonds. The maximum Gasteiger partial charge on any atom is 0.223 e. The third kappa shape index (κ3) is 2.76. The fraction of sp³-hybridized carbons (Fsp3) is 0.400. The first kappa shape index (κ1) is 18.8. The Labute approximate surface area is 168 Å². The molecule has 2 aromatic carbocycles. The molecule has 1 fully saturated rings. The zero-order valence-electron chi connectivity index (χ0n) is 17.5. The lowest BCUT2D eigenvalue weighted by Crippen LogP contribution is -2.68. The van der Waals surface area contributed by atoms with E-state index in [1.54, 1.807) is 0 Å². The standard InChI is InChI=1S/C25H30N2O/c1-17(2)20-9-7-19(8-10-20)12-14-25-24(4,5)21-16-18(3)6-11-22(21)27(25)15-13-23(28)26-25/h6-12,14,16-17H,13,15H2,1-5H3,(H,26,28)/b14-12+/t25-/m1/s1. The van der Waals surface area contributed by atoms with Gasteiger partial charge in [-0.3, -0.25) is 4.79 Å². The van der Waals surface area contributed by atoms with E-state index in [1.807, 2.05) is 0 Å². The average Bonchev–Trinajstić information content (AvgIpc) is 2.84. The van der Waals surface area contributed by atoms with Crippen LogP contribution in [-0.4, -0.2) is 18.1 Å². The first-order valence-electron chi connectivity index (χ1n) is 10.2. The minimum Gasteiger partial charge on any atom is -0.344 e. The van der Waals surface area contributed by atoms with Crippen molar-refractivity contribution in [3.05, 3.63) is 70.8 Å². The number of anilines is 1. The van der Waals surface area contributed by atoms with Crippen molar-refractivity contribution in [1.29, 1.82) is 0 Å². The minimum atomic E-state index is -0.546. The highest BCUT2D eigenvalue weighted by molar-refractivity contribution is 5.84. The van der Waals surface area contributed by atoms with Gasteiger partial charge in [0.1, 0.15) is 5.66 Å². The van der Waals surface area contributed by atoms with Crippen LogP contribution in [0.3, 0.4) is 0 Å². The second kappa shape index (κ2) is 6.51. The smallest absolute Gasteiger partial charge is 0.223 e. The van der Waals surface area contributed by atoms with Gasteiger partial charge in [-0.25, -0.2) is 0 Å². The zero-order valence-corrected chi connectivity index (χ0v) is 17.5. The molecule has 4 rings (SSSR count). The summed E-state index contributed by atoms with van der Waals surface area (Å²) in [5.74, 6) is 0.643. The molecule has 0 bridgehead atoms. The van der Waals surface area contributed by atoms with Crippen molar-refractivity contribution in [3.63, 3.8) is 0 Å². The highest BCUT2D eigenvalue weighted by Gasteiger charge is 2.57. The van der Waals surface area contributed by atoms with E-state index in [4.69, 9.17) is 0 Å². The Morgan fingerprint density at radius 3 is 2.50 bits per heavy atom. The molecular formula is C25H30N2O. The summed E-state index contributed by atoms with van der Waals surface area (Å²) in [5, 5.41) is 3.35. The van der Waals surface area contributed by atoms with Crippen LogP contribution in [0.1, 0.15) is 62.3 Å². The number of rotatable bonds is 3. The second-order valence-electron chi connectivity index (χ2n) is 9.02. The van der Waals surface area contributed by atoms with Gasteiger partial charge in [-0.2, -0.15) is 0 Å². The van der Waals surface area contributed by atoms with E-state index in [1.165, 1.54) is 22.4 Å². The Hall–Kier alpha value is -2.55. The molecule has 1 saturated heterocycles. The molecular weight excluding hydrogens is 344 g/mol. The summed E-state index contributed by atoms with van der Waals surface area (Å²) in [5.41, 5.74) is 5.49. The molecule has 2 aliphatic heterocycles. The lowest BCUT2D eigenvalue weighted by molar-refractivity contribution is -0.124. The summed E-state index contributed by atoms with van der Waals surface area (Å²) in [6, 6.07) is 15.3. The van der Waals surface area contributed by atoms with E-state index >= 15 is 0 Å². The highest BCUT2D eigenvalue weighted by Crippen LogP contribution is 2.52. The van der Waals surface area contributed by atoms with Crippen molar-refractivity contribution in [2.24, 2.45) is 0 Å². The fourth-order valence-corrected chi connectivity index (χ4v) is 4.68. The van der Waals surface area contributed by atoms with Crippen LogP contribution in [0.4, 0.5) is 5.69 Å². The molecule has 0 radical (unpaired) electrons. The Bertz CT molecular complexity index is 940. The predicted molar refractivity (Wildman–Crippen MR) is 117 cm³/mol.